The van der Waals surface area contributed by atoms with Crippen molar-refractivity contribution in [2.75, 3.05) is 0 Å². The van der Waals surface area contributed by atoms with Crippen molar-refractivity contribution in [3.8, 4) is 11.1 Å². The van der Waals surface area contributed by atoms with Gasteiger partial charge < -0.3 is 15.4 Å². The topological polar surface area (TPSA) is 90.9 Å². The lowest BCUT2D eigenvalue weighted by Gasteiger charge is -2.11. The van der Waals surface area contributed by atoms with Gasteiger partial charge in [0.05, 0.1) is 23.9 Å². The smallest absolute Gasteiger partial charge is 0.244 e. The summed E-state index contributed by atoms with van der Waals surface area (Å²) in [7, 11) is 0. The molecule has 0 aliphatic heterocycles. The van der Waals surface area contributed by atoms with E-state index in [1.807, 2.05) is 42.5 Å². The quantitative estimate of drug-likeness (QED) is 0.265. The third kappa shape index (κ3) is 6.25. The second kappa shape index (κ2) is 11.6. The van der Waals surface area contributed by atoms with Crippen molar-refractivity contribution in [1.82, 2.24) is 20.3 Å². The van der Waals surface area contributed by atoms with Gasteiger partial charge in [0.2, 0.25) is 5.91 Å². The van der Waals surface area contributed by atoms with E-state index in [0.717, 1.165) is 33.6 Å². The summed E-state index contributed by atoms with van der Waals surface area (Å²) in [4.78, 5) is 23.9. The van der Waals surface area contributed by atoms with E-state index >= 15 is 0 Å². The molecule has 6 nitrogen and oxygen atoms in total. The molecule has 0 saturated heterocycles. The number of nitrogens with zero attached hydrogens (tertiary/aromatic N) is 2. The first-order chi connectivity index (χ1) is 17.0. The van der Waals surface area contributed by atoms with E-state index in [1.165, 1.54) is 6.08 Å². The van der Waals surface area contributed by atoms with Crippen LogP contribution in [0.4, 0.5) is 0 Å². The summed E-state index contributed by atoms with van der Waals surface area (Å²) in [6, 6.07) is 13.0. The van der Waals surface area contributed by atoms with Crippen molar-refractivity contribution in [3.05, 3.63) is 111 Å². The van der Waals surface area contributed by atoms with E-state index in [0.29, 0.717) is 15.6 Å². The van der Waals surface area contributed by atoms with E-state index in [2.05, 4.69) is 20.3 Å². The number of H-pyrrole nitrogens is 1. The fraction of sp³-hybridized carbons (Fsp3) is 0.0741. The van der Waals surface area contributed by atoms with E-state index in [4.69, 9.17) is 23.2 Å². The van der Waals surface area contributed by atoms with Crippen LogP contribution in [-0.4, -0.2) is 26.0 Å². The van der Waals surface area contributed by atoms with Crippen molar-refractivity contribution >= 4 is 47.3 Å². The molecule has 1 aromatic carbocycles. The van der Waals surface area contributed by atoms with Crippen LogP contribution in [0.15, 0.2) is 73.3 Å². The SMILES string of the molecule is O=C(/C=C/c1ccc(/C=C/c2ccncc2)nc1)NCc1[nH]ccc1-c1ccc(Cl)c(CO)c1Cl. The minimum Gasteiger partial charge on any atom is -0.392 e. The highest BCUT2D eigenvalue weighted by atomic mass is 35.5. The van der Waals surface area contributed by atoms with Gasteiger partial charge in [-0.2, -0.15) is 0 Å². The molecule has 0 radical (unpaired) electrons. The molecule has 0 bridgehead atoms. The van der Waals surface area contributed by atoms with Crippen LogP contribution in [0.1, 0.15) is 28.1 Å². The second-order valence-corrected chi connectivity index (χ2v) is 8.38. The van der Waals surface area contributed by atoms with E-state index in [9.17, 15) is 9.90 Å². The molecule has 0 aliphatic rings. The van der Waals surface area contributed by atoms with Crippen molar-refractivity contribution in [1.29, 1.82) is 0 Å². The monoisotopic (exact) mass is 504 g/mol. The number of carbonyl (C=O) groups is 1. The molecule has 0 spiro atoms. The number of rotatable bonds is 8. The number of nitrogens with one attached hydrogen (secondary N) is 2. The lowest BCUT2D eigenvalue weighted by Crippen LogP contribution is -2.20. The molecular formula is C27H22Cl2N4O2. The van der Waals surface area contributed by atoms with Gasteiger partial charge in [0.25, 0.3) is 0 Å². The normalized spacial score (nSPS) is 11.4. The molecule has 0 aliphatic carbocycles. The highest BCUT2D eigenvalue weighted by molar-refractivity contribution is 6.37. The number of hydrogen-bond acceptors (Lipinski definition) is 4. The molecule has 176 valence electrons. The molecule has 3 N–H and O–H groups in total. The molecule has 0 fully saturated rings. The summed E-state index contributed by atoms with van der Waals surface area (Å²) in [5.74, 6) is -0.245. The van der Waals surface area contributed by atoms with Crippen molar-refractivity contribution in [3.63, 3.8) is 0 Å². The molecule has 0 unspecified atom stereocenters. The number of aliphatic hydroxyl groups is 1. The average Bonchev–Trinajstić information content (AvgIpc) is 3.35. The van der Waals surface area contributed by atoms with Crippen LogP contribution in [0.3, 0.4) is 0 Å². The van der Waals surface area contributed by atoms with Crippen molar-refractivity contribution in [2.24, 2.45) is 0 Å². The van der Waals surface area contributed by atoms with Gasteiger partial charge in [-0.1, -0.05) is 41.4 Å². The highest BCUT2D eigenvalue weighted by Crippen LogP contribution is 2.36. The Morgan fingerprint density at radius 2 is 1.80 bits per heavy atom. The molecule has 3 aromatic heterocycles. The minimum atomic E-state index is -0.260. The predicted molar refractivity (Wildman–Crippen MR) is 140 cm³/mol. The lowest BCUT2D eigenvalue weighted by molar-refractivity contribution is -0.116. The first-order valence-corrected chi connectivity index (χ1v) is 11.5. The predicted octanol–water partition coefficient (Wildman–Crippen LogP) is 5.77. The van der Waals surface area contributed by atoms with Gasteiger partial charge in [0.1, 0.15) is 0 Å². The summed E-state index contributed by atoms with van der Waals surface area (Å²) < 4.78 is 0. The Labute approximate surface area is 213 Å². The van der Waals surface area contributed by atoms with E-state index in [-0.39, 0.29) is 19.1 Å². The number of carbonyl (C=O) groups excluding carboxylic acids is 1. The Balaban J connectivity index is 1.36. The Hall–Kier alpha value is -3.71. The summed E-state index contributed by atoms with van der Waals surface area (Å²) in [6.07, 6.45) is 14.0. The largest absolute Gasteiger partial charge is 0.392 e. The zero-order chi connectivity index (χ0) is 24.6. The molecule has 1 amide bonds. The van der Waals surface area contributed by atoms with E-state index < -0.39 is 0 Å². The van der Waals surface area contributed by atoms with Gasteiger partial charge in [0.15, 0.2) is 0 Å². The molecule has 8 heteroatoms. The summed E-state index contributed by atoms with van der Waals surface area (Å²) in [5.41, 5.74) is 5.47. The maximum atomic E-state index is 12.4. The third-order valence-electron chi connectivity index (χ3n) is 5.30. The molecule has 4 rings (SSSR count). The van der Waals surface area contributed by atoms with Gasteiger partial charge >= 0.3 is 0 Å². The Morgan fingerprint density at radius 1 is 0.971 bits per heavy atom. The van der Waals surface area contributed by atoms with Crippen LogP contribution >= 0.6 is 23.2 Å². The fourth-order valence-electron chi connectivity index (χ4n) is 3.43. The number of benzene rings is 1. The number of amides is 1. The molecule has 4 aromatic rings. The van der Waals surface area contributed by atoms with Crippen LogP contribution in [0.25, 0.3) is 29.4 Å². The van der Waals surface area contributed by atoms with E-state index in [1.54, 1.807) is 43.0 Å². The van der Waals surface area contributed by atoms with Gasteiger partial charge in [-0.25, -0.2) is 0 Å². The molecular weight excluding hydrogens is 483 g/mol. The van der Waals surface area contributed by atoms with Gasteiger partial charge in [-0.15, -0.1) is 0 Å². The standard InChI is InChI=1S/C27H22Cl2N4O2/c28-24-7-6-22(27(29)23(24)17-34)21-11-14-31-25(21)16-33-26(35)8-3-19-2-5-20(32-15-19)4-1-18-9-12-30-13-10-18/h1-15,31,34H,16-17H2,(H,33,35)/b4-1+,8-3+. The highest BCUT2D eigenvalue weighted by Gasteiger charge is 2.15. The lowest BCUT2D eigenvalue weighted by atomic mass is 10.0. The van der Waals surface area contributed by atoms with Gasteiger partial charge in [-0.3, -0.25) is 14.8 Å². The van der Waals surface area contributed by atoms with Crippen LogP contribution in [0.5, 0.6) is 0 Å². The number of halogens is 2. The second-order valence-electron chi connectivity index (χ2n) is 7.60. The van der Waals surface area contributed by atoms with Crippen LogP contribution < -0.4 is 5.32 Å². The molecule has 0 saturated carbocycles. The van der Waals surface area contributed by atoms with Crippen LogP contribution in [-0.2, 0) is 17.9 Å². The van der Waals surface area contributed by atoms with Crippen LogP contribution in [0, 0.1) is 0 Å². The number of hydrogen-bond donors (Lipinski definition) is 3. The summed E-state index contributed by atoms with van der Waals surface area (Å²) in [5, 5.41) is 13.2. The maximum absolute atomic E-state index is 12.4. The number of aromatic nitrogens is 3. The molecule has 35 heavy (non-hydrogen) atoms. The Bertz CT molecular complexity index is 1360. The first kappa shape index (κ1) is 24.4. The number of aliphatic hydroxyl groups excluding tert-OH is 1. The Morgan fingerprint density at radius 3 is 2.54 bits per heavy atom. The van der Waals surface area contributed by atoms with Crippen molar-refractivity contribution < 1.29 is 9.90 Å². The third-order valence-corrected chi connectivity index (χ3v) is 6.08. The maximum Gasteiger partial charge on any atom is 0.244 e. The summed E-state index contributed by atoms with van der Waals surface area (Å²) in [6.45, 7) is 0.0135. The van der Waals surface area contributed by atoms with Gasteiger partial charge in [0, 0.05) is 58.3 Å². The van der Waals surface area contributed by atoms with Crippen LogP contribution in [0.2, 0.25) is 10.0 Å². The zero-order valence-corrected chi connectivity index (χ0v) is 20.1. The zero-order valence-electron chi connectivity index (χ0n) is 18.6. The van der Waals surface area contributed by atoms with Crippen molar-refractivity contribution in [2.45, 2.75) is 13.2 Å². The minimum absolute atomic E-state index is 0.245. The first-order valence-electron chi connectivity index (χ1n) is 10.8. The fourth-order valence-corrected chi connectivity index (χ4v) is 4.02. The van der Waals surface area contributed by atoms with Gasteiger partial charge in [-0.05, 0) is 53.6 Å². The number of aromatic amines is 1. The average molecular weight is 505 g/mol. The Kier molecular flexibility index (Phi) is 8.11. The molecule has 3 heterocycles. The molecule has 0 atom stereocenters. The number of pyridine rings is 2. The summed E-state index contributed by atoms with van der Waals surface area (Å²) >= 11 is 12.6.